The number of hydrogen-bond acceptors (Lipinski definition) is 3. The number of benzene rings is 3. The summed E-state index contributed by atoms with van der Waals surface area (Å²) in [6.07, 6.45) is 0. The van der Waals surface area contributed by atoms with E-state index in [1.54, 1.807) is 12.1 Å². The van der Waals surface area contributed by atoms with Gasteiger partial charge < -0.3 is 5.32 Å². The van der Waals surface area contributed by atoms with Crippen LogP contribution in [0.2, 0.25) is 5.02 Å². The van der Waals surface area contributed by atoms with E-state index in [2.05, 4.69) is 16.1 Å². The quantitative estimate of drug-likeness (QED) is 0.510. The minimum absolute atomic E-state index is 0.151. The average molecular weight is 457 g/mol. The van der Waals surface area contributed by atoms with Crippen LogP contribution in [0.3, 0.4) is 0 Å². The Kier molecular flexibility index (Phi) is 6.72. The van der Waals surface area contributed by atoms with Gasteiger partial charge >= 0.3 is 0 Å². The van der Waals surface area contributed by atoms with E-state index in [9.17, 15) is 13.2 Å². The Morgan fingerprint density at radius 3 is 2.16 bits per heavy atom. The molecule has 0 radical (unpaired) electrons. The lowest BCUT2D eigenvalue weighted by Gasteiger charge is -2.18. The second-order valence-corrected chi connectivity index (χ2v) is 9.76. The third-order valence-electron chi connectivity index (χ3n) is 5.04. The largest absolute Gasteiger partial charge is 0.345 e. The average Bonchev–Trinajstić information content (AvgIpc) is 2.67. The highest BCUT2D eigenvalue weighted by Crippen LogP contribution is 2.25. The first-order valence-corrected chi connectivity index (χ1v) is 11.7. The third-order valence-corrected chi connectivity index (χ3v) is 6.75. The van der Waals surface area contributed by atoms with Crippen LogP contribution in [0.1, 0.15) is 45.6 Å². The summed E-state index contributed by atoms with van der Waals surface area (Å²) in [6, 6.07) is 16.9. The minimum atomic E-state index is -3.75. The van der Waals surface area contributed by atoms with Crippen molar-refractivity contribution >= 4 is 33.2 Å². The summed E-state index contributed by atoms with van der Waals surface area (Å²) in [5.74, 6) is -0.328. The molecule has 31 heavy (non-hydrogen) atoms. The van der Waals surface area contributed by atoms with Crippen LogP contribution in [-0.2, 0) is 10.0 Å². The van der Waals surface area contributed by atoms with Gasteiger partial charge in [-0.25, -0.2) is 8.42 Å². The summed E-state index contributed by atoms with van der Waals surface area (Å²) in [5, 5.41) is 3.11. The molecule has 5 nitrogen and oxygen atoms in total. The van der Waals surface area contributed by atoms with Gasteiger partial charge in [0.05, 0.1) is 27.2 Å². The Bertz CT molecular complexity index is 1220. The Morgan fingerprint density at radius 1 is 0.903 bits per heavy atom. The molecule has 0 aliphatic carbocycles. The van der Waals surface area contributed by atoms with Gasteiger partial charge in [0.15, 0.2) is 0 Å². The van der Waals surface area contributed by atoms with E-state index < -0.39 is 10.0 Å². The second-order valence-electron chi connectivity index (χ2n) is 7.67. The van der Waals surface area contributed by atoms with Crippen LogP contribution in [0.5, 0.6) is 0 Å². The Labute approximate surface area is 188 Å². The summed E-state index contributed by atoms with van der Waals surface area (Å²) in [7, 11) is -3.75. The number of sulfonamides is 1. The molecule has 1 atom stereocenters. The van der Waals surface area contributed by atoms with Gasteiger partial charge in [0.25, 0.3) is 15.9 Å². The molecule has 0 unspecified atom stereocenters. The van der Waals surface area contributed by atoms with Crippen LogP contribution >= 0.6 is 11.6 Å². The molecule has 0 fully saturated rings. The van der Waals surface area contributed by atoms with E-state index >= 15 is 0 Å². The highest BCUT2D eigenvalue weighted by Gasteiger charge is 2.18. The highest BCUT2D eigenvalue weighted by molar-refractivity contribution is 7.92. The molecule has 3 aromatic carbocycles. The summed E-state index contributed by atoms with van der Waals surface area (Å²) in [4.78, 5) is 12.9. The number of anilines is 1. The van der Waals surface area contributed by atoms with E-state index in [0.717, 1.165) is 22.3 Å². The molecule has 7 heteroatoms. The summed E-state index contributed by atoms with van der Waals surface area (Å²) < 4.78 is 27.6. The van der Waals surface area contributed by atoms with Crippen molar-refractivity contribution in [2.45, 2.75) is 38.6 Å². The van der Waals surface area contributed by atoms with Crippen molar-refractivity contribution in [2.75, 3.05) is 4.72 Å². The molecule has 0 spiro atoms. The Morgan fingerprint density at radius 2 is 1.55 bits per heavy atom. The Balaban J connectivity index is 1.75. The first kappa shape index (κ1) is 22.8. The molecule has 2 N–H and O–H groups in total. The van der Waals surface area contributed by atoms with Gasteiger partial charge in [0.1, 0.15) is 0 Å². The maximum Gasteiger partial charge on any atom is 0.261 e. The summed E-state index contributed by atoms with van der Waals surface area (Å²) in [5.41, 5.74) is 4.80. The van der Waals surface area contributed by atoms with Crippen molar-refractivity contribution in [2.24, 2.45) is 0 Å². The van der Waals surface area contributed by atoms with Crippen LogP contribution < -0.4 is 10.0 Å². The number of rotatable bonds is 6. The van der Waals surface area contributed by atoms with Gasteiger partial charge in [0, 0.05) is 0 Å². The number of carbonyl (C=O) groups excluding carboxylic acids is 1. The third kappa shape index (κ3) is 5.46. The van der Waals surface area contributed by atoms with Crippen LogP contribution in [0.25, 0.3) is 0 Å². The molecule has 162 valence electrons. The van der Waals surface area contributed by atoms with E-state index in [4.69, 9.17) is 11.6 Å². The first-order valence-electron chi connectivity index (χ1n) is 9.84. The van der Waals surface area contributed by atoms with Crippen molar-refractivity contribution < 1.29 is 13.2 Å². The van der Waals surface area contributed by atoms with E-state index in [1.165, 1.54) is 30.3 Å². The van der Waals surface area contributed by atoms with Crippen LogP contribution in [0, 0.1) is 20.8 Å². The molecule has 0 saturated carbocycles. The fourth-order valence-electron chi connectivity index (χ4n) is 3.36. The van der Waals surface area contributed by atoms with Gasteiger partial charge in [-0.1, -0.05) is 53.1 Å². The summed E-state index contributed by atoms with van der Waals surface area (Å²) >= 11 is 6.31. The molecule has 1 amide bonds. The fourth-order valence-corrected chi connectivity index (χ4v) is 4.67. The van der Waals surface area contributed by atoms with Crippen molar-refractivity contribution in [3.05, 3.63) is 93.5 Å². The molecular formula is C24H25ClN2O3S. The van der Waals surface area contributed by atoms with Crippen LogP contribution in [0.15, 0.2) is 65.6 Å². The molecular weight excluding hydrogens is 432 g/mol. The molecule has 0 aliphatic rings. The number of nitrogens with one attached hydrogen (secondary N) is 2. The maximum atomic E-state index is 12.7. The van der Waals surface area contributed by atoms with Crippen molar-refractivity contribution in [3.63, 3.8) is 0 Å². The lowest BCUT2D eigenvalue weighted by Crippen LogP contribution is -2.27. The zero-order valence-corrected chi connectivity index (χ0v) is 19.4. The predicted octanol–water partition coefficient (Wildman–Crippen LogP) is 5.56. The predicted molar refractivity (Wildman–Crippen MR) is 125 cm³/mol. The normalized spacial score (nSPS) is 12.3. The van der Waals surface area contributed by atoms with Gasteiger partial charge in [-0.2, -0.15) is 0 Å². The van der Waals surface area contributed by atoms with Gasteiger partial charge in [-0.05, 0) is 69.2 Å². The number of carbonyl (C=O) groups is 1. The van der Waals surface area contributed by atoms with E-state index in [0.29, 0.717) is 0 Å². The lowest BCUT2D eigenvalue weighted by atomic mass is 10.00. The van der Waals surface area contributed by atoms with Crippen LogP contribution in [0.4, 0.5) is 5.69 Å². The number of hydrogen-bond donors (Lipinski definition) is 2. The molecule has 0 saturated heterocycles. The molecule has 0 aromatic heterocycles. The van der Waals surface area contributed by atoms with Crippen molar-refractivity contribution in [1.29, 1.82) is 0 Å². The van der Waals surface area contributed by atoms with E-state index in [1.807, 2.05) is 39.8 Å². The number of halogens is 1. The SMILES string of the molecule is Cc1ccc(S(=O)(=O)Nc2ccc(C(=O)N[C@@H](C)c3ccc(C)cc3C)c(Cl)c2)cc1. The Hall–Kier alpha value is -2.83. The van der Waals surface area contributed by atoms with Crippen molar-refractivity contribution in [3.8, 4) is 0 Å². The van der Waals surface area contributed by atoms with Gasteiger partial charge in [-0.15, -0.1) is 0 Å². The second kappa shape index (κ2) is 9.12. The molecule has 0 aliphatic heterocycles. The monoisotopic (exact) mass is 456 g/mol. The highest BCUT2D eigenvalue weighted by atomic mass is 35.5. The maximum absolute atomic E-state index is 12.7. The van der Waals surface area contributed by atoms with Gasteiger partial charge in [-0.3, -0.25) is 9.52 Å². The molecule has 0 bridgehead atoms. The number of aryl methyl sites for hydroxylation is 3. The molecule has 3 aromatic rings. The minimum Gasteiger partial charge on any atom is -0.345 e. The number of amides is 1. The fraction of sp³-hybridized carbons (Fsp3) is 0.208. The zero-order valence-electron chi connectivity index (χ0n) is 17.9. The van der Waals surface area contributed by atoms with Gasteiger partial charge in [0.2, 0.25) is 0 Å². The lowest BCUT2D eigenvalue weighted by molar-refractivity contribution is 0.0940. The van der Waals surface area contributed by atoms with E-state index in [-0.39, 0.29) is 33.1 Å². The topological polar surface area (TPSA) is 75.3 Å². The molecule has 0 heterocycles. The molecule has 3 rings (SSSR count). The van der Waals surface area contributed by atoms with Crippen LogP contribution in [-0.4, -0.2) is 14.3 Å². The first-order chi connectivity index (χ1) is 14.6. The summed E-state index contributed by atoms with van der Waals surface area (Å²) in [6.45, 7) is 7.82. The standard InChI is InChI=1S/C24H25ClN2O3S/c1-15-5-9-20(10-6-15)31(29,30)27-19-8-12-22(23(25)14-19)24(28)26-18(4)21-11-7-16(2)13-17(21)3/h5-14,18,27H,1-4H3,(H,26,28)/t18-/m0/s1. The smallest absolute Gasteiger partial charge is 0.261 e. The van der Waals surface area contributed by atoms with Crippen molar-refractivity contribution in [1.82, 2.24) is 5.32 Å². The zero-order chi connectivity index (χ0) is 22.8.